The van der Waals surface area contributed by atoms with Crippen LogP contribution in [0.1, 0.15) is 17.5 Å². The molecule has 0 bridgehead atoms. The van der Waals surface area contributed by atoms with Crippen LogP contribution >= 0.6 is 11.3 Å². The number of nitrogens with zero attached hydrogens (tertiary/aromatic N) is 3. The molecule has 100 valence electrons. The van der Waals surface area contributed by atoms with Gasteiger partial charge in [0.2, 0.25) is 0 Å². The molecule has 0 spiro atoms. The number of aryl methyl sites for hydroxylation is 2. The summed E-state index contributed by atoms with van der Waals surface area (Å²) in [4.78, 5) is 0.363. The molecular formula is C11H12N4O2S2. The van der Waals surface area contributed by atoms with Crippen molar-refractivity contribution < 1.29 is 8.42 Å². The standard InChI is InChI=1S/C11H12N4O2S2/c1-3-9-10(7-15(2)13-9)14-19(16,17)11-5-4-8(6-12)18-11/h4-5,7,14H,3H2,1-2H3. The maximum Gasteiger partial charge on any atom is 0.271 e. The first-order chi connectivity index (χ1) is 8.96. The Morgan fingerprint density at radius 2 is 2.26 bits per heavy atom. The minimum absolute atomic E-state index is 0.120. The van der Waals surface area contributed by atoms with E-state index in [2.05, 4.69) is 9.82 Å². The summed E-state index contributed by atoms with van der Waals surface area (Å²) in [5, 5.41) is 12.9. The average Bonchev–Trinajstić information content (AvgIpc) is 2.95. The number of sulfonamides is 1. The minimum atomic E-state index is -3.66. The molecule has 0 unspecified atom stereocenters. The van der Waals surface area contributed by atoms with Crippen molar-refractivity contribution >= 4 is 27.0 Å². The molecule has 2 heterocycles. The molecule has 0 fully saturated rings. The van der Waals surface area contributed by atoms with Crippen molar-refractivity contribution in [2.45, 2.75) is 17.6 Å². The first kappa shape index (κ1) is 13.6. The van der Waals surface area contributed by atoms with Crippen LogP contribution in [-0.2, 0) is 23.5 Å². The van der Waals surface area contributed by atoms with Crippen LogP contribution < -0.4 is 4.72 Å². The van der Waals surface area contributed by atoms with E-state index in [1.165, 1.54) is 12.1 Å². The number of hydrogen-bond donors (Lipinski definition) is 1. The number of rotatable bonds is 4. The first-order valence-electron chi connectivity index (χ1n) is 5.51. The van der Waals surface area contributed by atoms with Crippen LogP contribution in [0.3, 0.4) is 0 Å². The molecule has 0 radical (unpaired) electrons. The molecule has 1 N–H and O–H groups in total. The fraction of sp³-hybridized carbons (Fsp3) is 0.273. The van der Waals surface area contributed by atoms with Crippen molar-refractivity contribution in [3.63, 3.8) is 0 Å². The molecule has 0 saturated carbocycles. The van der Waals surface area contributed by atoms with Gasteiger partial charge in [0.25, 0.3) is 10.0 Å². The Hall–Kier alpha value is -1.85. The Morgan fingerprint density at radius 1 is 1.53 bits per heavy atom. The molecule has 0 aliphatic heterocycles. The molecule has 0 amide bonds. The normalized spacial score (nSPS) is 11.2. The SMILES string of the molecule is CCc1nn(C)cc1NS(=O)(=O)c1ccc(C#N)s1. The van der Waals surface area contributed by atoms with Crippen molar-refractivity contribution in [3.05, 3.63) is 28.9 Å². The number of nitriles is 1. The highest BCUT2D eigenvalue weighted by molar-refractivity contribution is 7.94. The van der Waals surface area contributed by atoms with Crippen LogP contribution in [0.2, 0.25) is 0 Å². The summed E-state index contributed by atoms with van der Waals surface area (Å²) >= 11 is 0.941. The highest BCUT2D eigenvalue weighted by atomic mass is 32.2. The van der Waals surface area contributed by atoms with Crippen molar-refractivity contribution in [1.29, 1.82) is 5.26 Å². The number of aromatic nitrogens is 2. The lowest BCUT2D eigenvalue weighted by Gasteiger charge is -2.04. The van der Waals surface area contributed by atoms with Crippen molar-refractivity contribution in [3.8, 4) is 6.07 Å². The summed E-state index contributed by atoms with van der Waals surface area (Å²) in [5.74, 6) is 0. The summed E-state index contributed by atoms with van der Waals surface area (Å²) < 4.78 is 28.5. The highest BCUT2D eigenvalue weighted by Crippen LogP contribution is 2.24. The Balaban J connectivity index is 2.33. The van der Waals surface area contributed by atoms with Gasteiger partial charge < -0.3 is 0 Å². The molecule has 0 aliphatic carbocycles. The molecule has 6 nitrogen and oxygen atoms in total. The fourth-order valence-corrected chi connectivity index (χ4v) is 3.78. The second-order valence-corrected chi connectivity index (χ2v) is 6.85. The zero-order valence-corrected chi connectivity index (χ0v) is 12.0. The van der Waals surface area contributed by atoms with E-state index in [0.29, 0.717) is 22.7 Å². The molecule has 2 rings (SSSR count). The molecule has 8 heteroatoms. The third-order valence-corrected chi connectivity index (χ3v) is 5.29. The molecule has 0 aromatic carbocycles. The van der Waals surface area contributed by atoms with Gasteiger partial charge in [-0.2, -0.15) is 10.4 Å². The van der Waals surface area contributed by atoms with E-state index in [-0.39, 0.29) is 4.21 Å². The topological polar surface area (TPSA) is 87.8 Å². The van der Waals surface area contributed by atoms with E-state index >= 15 is 0 Å². The molecular weight excluding hydrogens is 284 g/mol. The van der Waals surface area contributed by atoms with Crippen molar-refractivity contribution in [1.82, 2.24) is 9.78 Å². The van der Waals surface area contributed by atoms with Crippen LogP contribution in [0.4, 0.5) is 5.69 Å². The van der Waals surface area contributed by atoms with Gasteiger partial charge in [-0.1, -0.05) is 6.92 Å². The van der Waals surface area contributed by atoms with Crippen LogP contribution in [0.5, 0.6) is 0 Å². The van der Waals surface area contributed by atoms with Gasteiger partial charge in [0.05, 0.1) is 11.4 Å². The first-order valence-corrected chi connectivity index (χ1v) is 7.81. The Kier molecular flexibility index (Phi) is 3.59. The maximum atomic E-state index is 12.2. The van der Waals surface area contributed by atoms with E-state index in [0.717, 1.165) is 11.3 Å². The van der Waals surface area contributed by atoms with Gasteiger partial charge in [-0.25, -0.2) is 8.42 Å². The van der Waals surface area contributed by atoms with E-state index in [9.17, 15) is 8.42 Å². The van der Waals surface area contributed by atoms with Gasteiger partial charge in [0, 0.05) is 13.2 Å². The Bertz CT molecular complexity index is 737. The van der Waals surface area contributed by atoms with Crippen molar-refractivity contribution in [2.24, 2.45) is 7.05 Å². The predicted molar refractivity (Wildman–Crippen MR) is 72.4 cm³/mol. The molecule has 0 saturated heterocycles. The molecule has 2 aromatic heterocycles. The Morgan fingerprint density at radius 3 is 2.84 bits per heavy atom. The van der Waals surface area contributed by atoms with Gasteiger partial charge in [-0.05, 0) is 18.6 Å². The smallest absolute Gasteiger partial charge is 0.271 e. The predicted octanol–water partition coefficient (Wildman–Crippen LogP) is 1.72. The van der Waals surface area contributed by atoms with Crippen LogP contribution in [0.15, 0.2) is 22.5 Å². The van der Waals surface area contributed by atoms with Crippen LogP contribution in [0.25, 0.3) is 0 Å². The highest BCUT2D eigenvalue weighted by Gasteiger charge is 2.19. The second-order valence-electron chi connectivity index (χ2n) is 3.85. The maximum absolute atomic E-state index is 12.2. The molecule has 19 heavy (non-hydrogen) atoms. The quantitative estimate of drug-likeness (QED) is 0.930. The van der Waals surface area contributed by atoms with Gasteiger partial charge in [0.1, 0.15) is 15.2 Å². The summed E-state index contributed by atoms with van der Waals surface area (Å²) in [5.41, 5.74) is 1.15. The van der Waals surface area contributed by atoms with Crippen LogP contribution in [0, 0.1) is 11.3 Å². The van der Waals surface area contributed by atoms with Gasteiger partial charge in [-0.3, -0.25) is 9.40 Å². The van der Waals surface area contributed by atoms with Gasteiger partial charge in [-0.15, -0.1) is 11.3 Å². The van der Waals surface area contributed by atoms with E-state index in [4.69, 9.17) is 5.26 Å². The minimum Gasteiger partial charge on any atom is -0.275 e. The number of nitrogens with one attached hydrogen (secondary N) is 1. The summed E-state index contributed by atoms with van der Waals surface area (Å²) in [6.45, 7) is 1.90. The van der Waals surface area contributed by atoms with E-state index in [1.807, 2.05) is 13.0 Å². The number of hydrogen-bond acceptors (Lipinski definition) is 5. The summed E-state index contributed by atoms with van der Waals surface area (Å²) in [6.07, 6.45) is 2.25. The van der Waals surface area contributed by atoms with Gasteiger partial charge >= 0.3 is 0 Å². The second kappa shape index (κ2) is 5.03. The number of anilines is 1. The molecule has 0 aliphatic rings. The van der Waals surface area contributed by atoms with E-state index < -0.39 is 10.0 Å². The van der Waals surface area contributed by atoms with Gasteiger partial charge in [0.15, 0.2) is 0 Å². The lowest BCUT2D eigenvalue weighted by Crippen LogP contribution is -2.12. The lowest BCUT2D eigenvalue weighted by molar-refractivity contribution is 0.603. The lowest BCUT2D eigenvalue weighted by atomic mass is 10.3. The van der Waals surface area contributed by atoms with E-state index in [1.54, 1.807) is 17.9 Å². The zero-order valence-electron chi connectivity index (χ0n) is 10.4. The summed E-state index contributed by atoms with van der Waals surface area (Å²) in [6, 6.07) is 4.83. The largest absolute Gasteiger partial charge is 0.275 e. The zero-order chi connectivity index (χ0) is 14.0. The van der Waals surface area contributed by atoms with Crippen LogP contribution in [-0.4, -0.2) is 18.2 Å². The fourth-order valence-electron chi connectivity index (χ4n) is 1.60. The molecule has 2 aromatic rings. The average molecular weight is 296 g/mol. The van der Waals surface area contributed by atoms with Crippen molar-refractivity contribution in [2.75, 3.05) is 4.72 Å². The Labute approximate surface area is 115 Å². The number of thiophene rings is 1. The monoisotopic (exact) mass is 296 g/mol. The third kappa shape index (κ3) is 2.77. The molecule has 0 atom stereocenters. The third-order valence-electron chi connectivity index (χ3n) is 2.44. The summed E-state index contributed by atoms with van der Waals surface area (Å²) in [7, 11) is -1.93.